The number of esters is 1. The van der Waals surface area contributed by atoms with Gasteiger partial charge in [0.25, 0.3) is 5.91 Å². The summed E-state index contributed by atoms with van der Waals surface area (Å²) < 4.78 is 7.63. The SMILES string of the molecule is CC(NC(=O)c1c(CC(=O)OC(C)(C)C)nn2cccnc12)c1cc(Cl)c2c(Br)[nH]nc2c1-c1ccccc1. The lowest BCUT2D eigenvalue weighted by Gasteiger charge is -2.20. The van der Waals surface area contributed by atoms with E-state index >= 15 is 0 Å². The second-order valence-electron chi connectivity index (χ2n) is 10.1. The molecule has 2 aromatic carbocycles. The van der Waals surface area contributed by atoms with E-state index in [1.165, 1.54) is 4.52 Å². The van der Waals surface area contributed by atoms with E-state index < -0.39 is 23.5 Å². The zero-order valence-corrected chi connectivity index (χ0v) is 24.1. The van der Waals surface area contributed by atoms with Gasteiger partial charge in [-0.25, -0.2) is 9.50 Å². The van der Waals surface area contributed by atoms with E-state index in [0.717, 1.165) is 22.1 Å². The molecule has 1 unspecified atom stereocenters. The lowest BCUT2D eigenvalue weighted by Crippen LogP contribution is -2.29. The van der Waals surface area contributed by atoms with E-state index in [2.05, 4.69) is 41.5 Å². The van der Waals surface area contributed by atoms with Crippen LogP contribution in [0.15, 0.2) is 59.5 Å². The van der Waals surface area contributed by atoms with Crippen molar-refractivity contribution in [3.05, 3.63) is 81.3 Å². The Morgan fingerprint density at radius 2 is 1.95 bits per heavy atom. The van der Waals surface area contributed by atoms with E-state index in [0.29, 0.717) is 20.8 Å². The quantitative estimate of drug-likeness (QED) is 0.226. The summed E-state index contributed by atoms with van der Waals surface area (Å²) in [5.41, 5.74) is 3.40. The van der Waals surface area contributed by atoms with Crippen LogP contribution < -0.4 is 5.32 Å². The van der Waals surface area contributed by atoms with Crippen LogP contribution in [0, 0.1) is 0 Å². The van der Waals surface area contributed by atoms with E-state index in [1.807, 2.05) is 43.3 Å². The number of rotatable bonds is 6. The molecule has 3 aromatic heterocycles. The molecule has 1 amide bonds. The molecule has 0 spiro atoms. The minimum absolute atomic E-state index is 0.174. The molecule has 0 saturated heterocycles. The Labute approximate surface area is 238 Å². The number of hydrogen-bond acceptors (Lipinski definition) is 6. The number of aromatic nitrogens is 5. The number of ether oxygens (including phenoxy) is 1. The van der Waals surface area contributed by atoms with Crippen molar-refractivity contribution in [2.24, 2.45) is 0 Å². The first-order valence-corrected chi connectivity index (χ1v) is 13.5. The van der Waals surface area contributed by atoms with Crippen LogP contribution >= 0.6 is 27.5 Å². The zero-order chi connectivity index (χ0) is 27.9. The number of fused-ring (bicyclic) bond motifs is 2. The standard InChI is InChI=1S/C28H26BrClN6O3/c1-15(17-13-18(30)22-24(33-34-25(22)29)21(17)16-9-6-5-7-10-16)32-27(38)23-19(14-20(37)39-28(2,3)4)35-36-12-8-11-31-26(23)36/h5-13,15H,14H2,1-4H3,(H,32,38)(H,33,34). The third-order valence-corrected chi connectivity index (χ3v) is 6.94. The molecule has 5 rings (SSSR count). The number of amides is 1. The Hall–Kier alpha value is -3.76. The van der Waals surface area contributed by atoms with Crippen molar-refractivity contribution < 1.29 is 14.3 Å². The van der Waals surface area contributed by atoms with Crippen molar-refractivity contribution in [3.63, 3.8) is 0 Å². The van der Waals surface area contributed by atoms with Crippen LogP contribution in [-0.4, -0.2) is 42.3 Å². The number of nitrogens with zero attached hydrogens (tertiary/aromatic N) is 4. The van der Waals surface area contributed by atoms with Crippen LogP contribution in [0.25, 0.3) is 27.7 Å². The molecule has 0 fully saturated rings. The molecule has 11 heteroatoms. The number of hydrogen-bond donors (Lipinski definition) is 2. The molecular formula is C28H26BrClN6O3. The van der Waals surface area contributed by atoms with Gasteiger partial charge in [0.2, 0.25) is 0 Å². The number of carbonyl (C=O) groups excluding carboxylic acids is 2. The molecule has 9 nitrogen and oxygen atoms in total. The van der Waals surface area contributed by atoms with Crippen LogP contribution in [0.5, 0.6) is 0 Å². The Morgan fingerprint density at radius 3 is 2.67 bits per heavy atom. The van der Waals surface area contributed by atoms with Gasteiger partial charge in [-0.15, -0.1) is 0 Å². The first-order valence-electron chi connectivity index (χ1n) is 12.3. The predicted octanol–water partition coefficient (Wildman–Crippen LogP) is 6.06. The van der Waals surface area contributed by atoms with Gasteiger partial charge in [-0.2, -0.15) is 10.2 Å². The van der Waals surface area contributed by atoms with E-state index in [9.17, 15) is 9.59 Å². The summed E-state index contributed by atoms with van der Waals surface area (Å²) in [5.74, 6) is -0.908. The number of carbonyl (C=O) groups is 2. The van der Waals surface area contributed by atoms with E-state index in [1.54, 1.807) is 39.2 Å². The lowest BCUT2D eigenvalue weighted by molar-refractivity contribution is -0.154. The van der Waals surface area contributed by atoms with Crippen molar-refractivity contribution in [2.75, 3.05) is 0 Å². The maximum Gasteiger partial charge on any atom is 0.312 e. The van der Waals surface area contributed by atoms with Gasteiger partial charge in [0.1, 0.15) is 21.3 Å². The van der Waals surface area contributed by atoms with Crippen LogP contribution in [0.4, 0.5) is 0 Å². The molecule has 200 valence electrons. The molecular weight excluding hydrogens is 584 g/mol. The Bertz CT molecular complexity index is 1710. The highest BCUT2D eigenvalue weighted by Gasteiger charge is 2.28. The Kier molecular flexibility index (Phi) is 7.17. The van der Waals surface area contributed by atoms with Crippen molar-refractivity contribution in [3.8, 4) is 11.1 Å². The number of H-pyrrole nitrogens is 1. The first-order chi connectivity index (χ1) is 18.5. The van der Waals surface area contributed by atoms with Crippen LogP contribution in [0.3, 0.4) is 0 Å². The zero-order valence-electron chi connectivity index (χ0n) is 21.8. The maximum absolute atomic E-state index is 13.8. The van der Waals surface area contributed by atoms with Gasteiger partial charge in [-0.05, 0) is 66.9 Å². The molecule has 3 heterocycles. The molecule has 2 N–H and O–H groups in total. The smallest absolute Gasteiger partial charge is 0.312 e. The van der Waals surface area contributed by atoms with Crippen molar-refractivity contribution in [1.29, 1.82) is 0 Å². The fourth-order valence-electron chi connectivity index (χ4n) is 4.54. The average Bonchev–Trinajstić information content (AvgIpc) is 3.43. The Balaban J connectivity index is 1.55. The monoisotopic (exact) mass is 608 g/mol. The Morgan fingerprint density at radius 1 is 1.21 bits per heavy atom. The highest BCUT2D eigenvalue weighted by molar-refractivity contribution is 9.10. The molecule has 0 radical (unpaired) electrons. The number of aromatic amines is 1. The predicted molar refractivity (Wildman–Crippen MR) is 153 cm³/mol. The second kappa shape index (κ2) is 10.4. The van der Waals surface area contributed by atoms with Crippen molar-refractivity contribution >= 4 is 56.0 Å². The maximum atomic E-state index is 13.8. The third kappa shape index (κ3) is 5.39. The minimum atomic E-state index is -0.668. The highest BCUT2D eigenvalue weighted by Crippen LogP contribution is 2.40. The molecule has 0 bridgehead atoms. The summed E-state index contributed by atoms with van der Waals surface area (Å²) in [5, 5.41) is 16.2. The fourth-order valence-corrected chi connectivity index (χ4v) is 5.44. The number of halogens is 2. The van der Waals surface area contributed by atoms with Gasteiger partial charge in [0.05, 0.1) is 28.6 Å². The number of benzene rings is 2. The van der Waals surface area contributed by atoms with Crippen LogP contribution in [0.2, 0.25) is 5.02 Å². The molecule has 0 aliphatic heterocycles. The molecule has 0 aliphatic rings. The molecule has 0 saturated carbocycles. The largest absolute Gasteiger partial charge is 0.460 e. The van der Waals surface area contributed by atoms with Gasteiger partial charge in [-0.3, -0.25) is 14.7 Å². The highest BCUT2D eigenvalue weighted by atomic mass is 79.9. The van der Waals surface area contributed by atoms with E-state index in [4.69, 9.17) is 16.3 Å². The third-order valence-electron chi connectivity index (χ3n) is 6.07. The normalized spacial score (nSPS) is 12.6. The molecule has 1 atom stereocenters. The molecule has 0 aliphatic carbocycles. The van der Waals surface area contributed by atoms with Crippen molar-refractivity contribution in [2.45, 2.75) is 45.8 Å². The topological polar surface area (TPSA) is 114 Å². The van der Waals surface area contributed by atoms with Gasteiger partial charge in [0, 0.05) is 18.0 Å². The van der Waals surface area contributed by atoms with Crippen LogP contribution in [-0.2, 0) is 16.0 Å². The molecule has 5 aromatic rings. The van der Waals surface area contributed by atoms with Gasteiger partial charge < -0.3 is 10.1 Å². The summed E-state index contributed by atoms with van der Waals surface area (Å²) in [4.78, 5) is 30.8. The minimum Gasteiger partial charge on any atom is -0.460 e. The summed E-state index contributed by atoms with van der Waals surface area (Å²) in [6, 6.07) is 12.8. The first kappa shape index (κ1) is 26.8. The number of nitrogens with one attached hydrogen (secondary N) is 2. The van der Waals surface area contributed by atoms with Gasteiger partial charge in [0.15, 0.2) is 5.65 Å². The summed E-state index contributed by atoms with van der Waals surface area (Å²) >= 11 is 10.2. The van der Waals surface area contributed by atoms with Crippen LogP contribution in [0.1, 0.15) is 55.4 Å². The average molecular weight is 610 g/mol. The fraction of sp³-hybridized carbons (Fsp3) is 0.250. The van der Waals surface area contributed by atoms with Gasteiger partial charge in [-0.1, -0.05) is 41.9 Å². The second-order valence-corrected chi connectivity index (χ2v) is 11.3. The van der Waals surface area contributed by atoms with Gasteiger partial charge >= 0.3 is 5.97 Å². The molecule has 39 heavy (non-hydrogen) atoms. The summed E-state index contributed by atoms with van der Waals surface area (Å²) in [7, 11) is 0. The summed E-state index contributed by atoms with van der Waals surface area (Å²) in [6.07, 6.45) is 3.08. The lowest BCUT2D eigenvalue weighted by atomic mass is 9.93. The van der Waals surface area contributed by atoms with E-state index in [-0.39, 0.29) is 17.7 Å². The van der Waals surface area contributed by atoms with Crippen molar-refractivity contribution in [1.82, 2.24) is 30.1 Å². The summed E-state index contributed by atoms with van der Waals surface area (Å²) in [6.45, 7) is 7.23.